The van der Waals surface area contributed by atoms with E-state index in [1.807, 2.05) is 24.3 Å². The van der Waals surface area contributed by atoms with E-state index in [2.05, 4.69) is 10.6 Å². The summed E-state index contributed by atoms with van der Waals surface area (Å²) in [5.74, 6) is 0.342. The van der Waals surface area contributed by atoms with Crippen LogP contribution < -0.4 is 15.4 Å². The number of anilines is 1. The molecule has 23 heavy (non-hydrogen) atoms. The van der Waals surface area contributed by atoms with Gasteiger partial charge in [-0.3, -0.25) is 4.79 Å². The molecule has 1 aliphatic heterocycles. The van der Waals surface area contributed by atoms with Crippen molar-refractivity contribution in [3.8, 4) is 11.5 Å². The third-order valence-electron chi connectivity index (χ3n) is 3.91. The number of amides is 1. The van der Waals surface area contributed by atoms with Crippen molar-refractivity contribution in [2.75, 3.05) is 12.4 Å². The Labute approximate surface area is 136 Å². The molecule has 6 heteroatoms. The number of thiophene rings is 1. The smallest absolute Gasteiger partial charge is 0.256 e. The van der Waals surface area contributed by atoms with Gasteiger partial charge in [-0.2, -0.15) is 0 Å². The molecule has 0 spiro atoms. The highest BCUT2D eigenvalue weighted by atomic mass is 32.1. The Balaban J connectivity index is 1.76. The van der Waals surface area contributed by atoms with Crippen LogP contribution in [0.2, 0.25) is 0 Å². The lowest BCUT2D eigenvalue weighted by atomic mass is 10.1. The number of carbonyl (C=O) groups is 1. The van der Waals surface area contributed by atoms with E-state index < -0.39 is 0 Å². The predicted octanol–water partition coefficient (Wildman–Crippen LogP) is 3.47. The first-order valence-corrected chi connectivity index (χ1v) is 7.95. The second-order valence-corrected chi connectivity index (χ2v) is 6.34. The lowest BCUT2D eigenvalue weighted by molar-refractivity contribution is 0.0938. The molecule has 1 amide bonds. The highest BCUT2D eigenvalue weighted by Gasteiger charge is 2.28. The van der Waals surface area contributed by atoms with Gasteiger partial charge in [-0.05, 0) is 23.8 Å². The van der Waals surface area contributed by atoms with E-state index in [1.165, 1.54) is 7.11 Å². The van der Waals surface area contributed by atoms with Crippen molar-refractivity contribution in [1.82, 2.24) is 5.32 Å². The number of rotatable bonds is 2. The SMILES string of the molecule is COc1cc([C@H]2NC(=O)c3c(sc4ccccc34)N2)ccc1O. The van der Waals surface area contributed by atoms with E-state index in [4.69, 9.17) is 4.74 Å². The molecule has 0 radical (unpaired) electrons. The zero-order valence-corrected chi connectivity index (χ0v) is 13.1. The highest BCUT2D eigenvalue weighted by molar-refractivity contribution is 7.23. The lowest BCUT2D eigenvalue weighted by Gasteiger charge is -2.26. The molecule has 3 N–H and O–H groups in total. The van der Waals surface area contributed by atoms with E-state index >= 15 is 0 Å². The Kier molecular flexibility index (Phi) is 3.12. The number of hydrogen-bond acceptors (Lipinski definition) is 5. The summed E-state index contributed by atoms with van der Waals surface area (Å²) in [5.41, 5.74) is 1.50. The summed E-state index contributed by atoms with van der Waals surface area (Å²) in [5, 5.41) is 17.8. The summed E-state index contributed by atoms with van der Waals surface area (Å²) in [4.78, 5) is 12.5. The lowest BCUT2D eigenvalue weighted by Crippen LogP contribution is -2.37. The fourth-order valence-corrected chi connectivity index (χ4v) is 3.91. The van der Waals surface area contributed by atoms with Gasteiger partial charge >= 0.3 is 0 Å². The molecule has 3 aromatic rings. The van der Waals surface area contributed by atoms with Gasteiger partial charge in [0.25, 0.3) is 5.91 Å². The van der Waals surface area contributed by atoms with Gasteiger partial charge in [-0.15, -0.1) is 11.3 Å². The minimum absolute atomic E-state index is 0.0703. The number of phenols is 1. The normalized spacial score (nSPS) is 16.6. The summed E-state index contributed by atoms with van der Waals surface area (Å²) in [6.07, 6.45) is -0.363. The van der Waals surface area contributed by atoms with Crippen LogP contribution >= 0.6 is 11.3 Å². The summed E-state index contributed by atoms with van der Waals surface area (Å²) in [6, 6.07) is 12.9. The summed E-state index contributed by atoms with van der Waals surface area (Å²) in [6.45, 7) is 0. The maximum atomic E-state index is 12.5. The van der Waals surface area contributed by atoms with Gasteiger partial charge < -0.3 is 20.5 Å². The minimum Gasteiger partial charge on any atom is -0.504 e. The molecule has 1 aromatic heterocycles. The fraction of sp³-hybridized carbons (Fsp3) is 0.118. The van der Waals surface area contributed by atoms with Crippen molar-refractivity contribution in [3.05, 3.63) is 53.6 Å². The van der Waals surface area contributed by atoms with Crippen LogP contribution in [0, 0.1) is 0 Å². The van der Waals surface area contributed by atoms with Crippen LogP contribution in [0.1, 0.15) is 22.1 Å². The van der Waals surface area contributed by atoms with Crippen LogP contribution in [0.5, 0.6) is 11.5 Å². The zero-order valence-electron chi connectivity index (χ0n) is 12.3. The first kappa shape index (κ1) is 13.9. The van der Waals surface area contributed by atoms with Crippen LogP contribution in [-0.4, -0.2) is 18.1 Å². The first-order valence-electron chi connectivity index (χ1n) is 7.13. The van der Waals surface area contributed by atoms with Crippen LogP contribution in [0.3, 0.4) is 0 Å². The van der Waals surface area contributed by atoms with Crippen molar-refractivity contribution >= 4 is 32.3 Å². The van der Waals surface area contributed by atoms with Crippen molar-refractivity contribution < 1.29 is 14.6 Å². The molecule has 4 rings (SSSR count). The van der Waals surface area contributed by atoms with E-state index in [1.54, 1.807) is 29.5 Å². The van der Waals surface area contributed by atoms with Crippen LogP contribution in [-0.2, 0) is 0 Å². The molecule has 0 saturated heterocycles. The molecule has 116 valence electrons. The summed E-state index contributed by atoms with van der Waals surface area (Å²) in [7, 11) is 1.50. The standard InChI is InChI=1S/C17H14N2O3S/c1-22-12-8-9(6-7-11(12)20)15-18-16(21)14-10-4-2-3-5-13(10)23-17(14)19-15/h2-8,15,19-20H,1H3,(H,18,21)/t15-/m0/s1. The van der Waals surface area contributed by atoms with Crippen molar-refractivity contribution in [2.45, 2.75) is 6.17 Å². The molecule has 0 bridgehead atoms. The first-order chi connectivity index (χ1) is 11.2. The Morgan fingerprint density at radius 1 is 1.17 bits per heavy atom. The largest absolute Gasteiger partial charge is 0.504 e. The molecule has 1 atom stereocenters. The molecular weight excluding hydrogens is 312 g/mol. The van der Waals surface area contributed by atoms with Gasteiger partial charge in [0.2, 0.25) is 0 Å². The average molecular weight is 326 g/mol. The maximum Gasteiger partial charge on any atom is 0.256 e. The average Bonchev–Trinajstić information content (AvgIpc) is 2.94. The van der Waals surface area contributed by atoms with Gasteiger partial charge in [-0.25, -0.2) is 0 Å². The number of carbonyl (C=O) groups excluding carboxylic acids is 1. The highest BCUT2D eigenvalue weighted by Crippen LogP contribution is 2.40. The third kappa shape index (κ3) is 2.19. The molecule has 2 heterocycles. The number of fused-ring (bicyclic) bond motifs is 3. The number of nitrogens with one attached hydrogen (secondary N) is 2. The zero-order chi connectivity index (χ0) is 16.0. The van der Waals surface area contributed by atoms with E-state index in [0.29, 0.717) is 11.3 Å². The van der Waals surface area contributed by atoms with Crippen LogP contribution in [0.4, 0.5) is 5.00 Å². The topological polar surface area (TPSA) is 70.6 Å². The second-order valence-electron chi connectivity index (χ2n) is 5.28. The van der Waals surface area contributed by atoms with Crippen molar-refractivity contribution in [1.29, 1.82) is 0 Å². The maximum absolute atomic E-state index is 12.5. The monoisotopic (exact) mass is 326 g/mol. The molecule has 0 saturated carbocycles. The van der Waals surface area contributed by atoms with E-state index in [0.717, 1.165) is 20.7 Å². The number of benzene rings is 2. The quantitative estimate of drug-likeness (QED) is 0.674. The molecule has 5 nitrogen and oxygen atoms in total. The Bertz CT molecular complexity index is 919. The van der Waals surface area contributed by atoms with Crippen molar-refractivity contribution in [3.63, 3.8) is 0 Å². The number of methoxy groups -OCH3 is 1. The second kappa shape index (κ2) is 5.17. The Morgan fingerprint density at radius 2 is 2.00 bits per heavy atom. The number of aromatic hydroxyl groups is 1. The molecule has 2 aromatic carbocycles. The Hall–Kier alpha value is -2.73. The molecule has 0 fully saturated rings. The van der Waals surface area contributed by atoms with Gasteiger partial charge in [0.15, 0.2) is 11.5 Å². The number of phenolic OH excluding ortho intramolecular Hbond substituents is 1. The number of hydrogen-bond donors (Lipinski definition) is 3. The van der Waals surface area contributed by atoms with Gasteiger partial charge in [-0.1, -0.05) is 24.3 Å². The van der Waals surface area contributed by atoms with Crippen LogP contribution in [0.15, 0.2) is 42.5 Å². The molecule has 0 aliphatic carbocycles. The summed E-state index contributed by atoms with van der Waals surface area (Å²) < 4.78 is 6.21. The van der Waals surface area contributed by atoms with Crippen molar-refractivity contribution in [2.24, 2.45) is 0 Å². The molecule has 1 aliphatic rings. The van der Waals surface area contributed by atoms with Gasteiger partial charge in [0, 0.05) is 10.1 Å². The Morgan fingerprint density at radius 3 is 2.83 bits per heavy atom. The van der Waals surface area contributed by atoms with E-state index in [-0.39, 0.29) is 17.8 Å². The van der Waals surface area contributed by atoms with Gasteiger partial charge in [0.05, 0.1) is 12.7 Å². The fourth-order valence-electron chi connectivity index (χ4n) is 2.78. The minimum atomic E-state index is -0.363. The van der Waals surface area contributed by atoms with Crippen LogP contribution in [0.25, 0.3) is 10.1 Å². The van der Waals surface area contributed by atoms with E-state index in [9.17, 15) is 9.90 Å². The third-order valence-corrected chi connectivity index (χ3v) is 5.01. The molecular formula is C17H14N2O3S. The number of ether oxygens (including phenoxy) is 1. The summed E-state index contributed by atoms with van der Waals surface area (Å²) >= 11 is 1.56. The van der Waals surface area contributed by atoms with Gasteiger partial charge in [0.1, 0.15) is 11.2 Å². The molecule has 0 unspecified atom stereocenters. The predicted molar refractivity (Wildman–Crippen MR) is 90.3 cm³/mol.